The lowest BCUT2D eigenvalue weighted by Crippen LogP contribution is -1.95. The van der Waals surface area contributed by atoms with Crippen molar-refractivity contribution in [3.05, 3.63) is 69.5 Å². The Morgan fingerprint density at radius 3 is 2.65 bits per heavy atom. The number of benzene rings is 2. The number of hydrogen-bond acceptors (Lipinski definition) is 5. The van der Waals surface area contributed by atoms with E-state index < -0.39 is 0 Å². The second-order valence-electron chi connectivity index (χ2n) is 4.58. The molecule has 3 aromatic rings. The van der Waals surface area contributed by atoms with Gasteiger partial charge in [-0.15, -0.1) is 10.2 Å². The fourth-order valence-electron chi connectivity index (χ4n) is 1.79. The van der Waals surface area contributed by atoms with Crippen molar-refractivity contribution in [2.45, 2.75) is 17.6 Å². The summed E-state index contributed by atoms with van der Waals surface area (Å²) in [4.78, 5) is 0. The second kappa shape index (κ2) is 7.86. The van der Waals surface area contributed by atoms with E-state index in [2.05, 4.69) is 32.2 Å². The third-order valence-electron chi connectivity index (χ3n) is 2.93. The zero-order chi connectivity index (χ0) is 16.1. The van der Waals surface area contributed by atoms with Gasteiger partial charge >= 0.3 is 0 Å². The standard InChI is InChI=1S/C16H12BrClN2O2S/c17-14-4-2-1-3-11(14)10-23-16-20-19-15(22-16)9-21-13-7-5-12(18)6-8-13/h1-8H,9-10H2. The van der Waals surface area contributed by atoms with E-state index in [0.29, 0.717) is 21.9 Å². The predicted octanol–water partition coefficient (Wildman–Crippen LogP) is 5.36. The van der Waals surface area contributed by atoms with E-state index in [0.717, 1.165) is 10.2 Å². The van der Waals surface area contributed by atoms with Crippen molar-refractivity contribution in [1.29, 1.82) is 0 Å². The summed E-state index contributed by atoms with van der Waals surface area (Å²) in [6, 6.07) is 15.2. The van der Waals surface area contributed by atoms with Gasteiger partial charge in [0.05, 0.1) is 0 Å². The van der Waals surface area contributed by atoms with Crippen LogP contribution >= 0.6 is 39.3 Å². The van der Waals surface area contributed by atoms with Crippen molar-refractivity contribution < 1.29 is 9.15 Å². The van der Waals surface area contributed by atoms with Gasteiger partial charge in [-0.05, 0) is 35.9 Å². The fourth-order valence-corrected chi connectivity index (χ4v) is 3.31. The highest BCUT2D eigenvalue weighted by Crippen LogP contribution is 2.26. The first-order chi connectivity index (χ1) is 11.2. The highest BCUT2D eigenvalue weighted by Gasteiger charge is 2.09. The summed E-state index contributed by atoms with van der Waals surface area (Å²) in [7, 11) is 0. The summed E-state index contributed by atoms with van der Waals surface area (Å²) in [5.74, 6) is 1.89. The molecule has 0 atom stereocenters. The Balaban J connectivity index is 1.53. The van der Waals surface area contributed by atoms with E-state index in [1.165, 1.54) is 17.3 Å². The molecular weight excluding hydrogens is 400 g/mol. The minimum absolute atomic E-state index is 0.226. The number of hydrogen-bond donors (Lipinski definition) is 0. The lowest BCUT2D eigenvalue weighted by atomic mass is 10.2. The van der Waals surface area contributed by atoms with Gasteiger partial charge in [0, 0.05) is 15.2 Å². The van der Waals surface area contributed by atoms with Gasteiger partial charge in [-0.3, -0.25) is 0 Å². The molecule has 1 aromatic heterocycles. The SMILES string of the molecule is Clc1ccc(OCc2nnc(SCc3ccccc3Br)o2)cc1. The molecular formula is C16H12BrClN2O2S. The molecule has 118 valence electrons. The normalized spacial score (nSPS) is 10.7. The molecule has 0 saturated carbocycles. The molecule has 0 unspecified atom stereocenters. The van der Waals surface area contributed by atoms with Crippen molar-refractivity contribution in [3.63, 3.8) is 0 Å². The van der Waals surface area contributed by atoms with Crippen molar-refractivity contribution in [3.8, 4) is 5.75 Å². The minimum atomic E-state index is 0.226. The largest absolute Gasteiger partial charge is 0.484 e. The number of thioether (sulfide) groups is 1. The Bertz CT molecular complexity index is 780. The minimum Gasteiger partial charge on any atom is -0.484 e. The van der Waals surface area contributed by atoms with E-state index in [1.54, 1.807) is 24.3 Å². The summed E-state index contributed by atoms with van der Waals surface area (Å²) in [6.45, 7) is 0.226. The summed E-state index contributed by atoms with van der Waals surface area (Å²) in [5.41, 5.74) is 1.18. The third-order valence-corrected chi connectivity index (χ3v) is 4.83. The molecule has 0 N–H and O–H groups in total. The molecule has 0 saturated heterocycles. The monoisotopic (exact) mass is 410 g/mol. The fraction of sp³-hybridized carbons (Fsp3) is 0.125. The maximum absolute atomic E-state index is 5.83. The molecule has 0 spiro atoms. The quantitative estimate of drug-likeness (QED) is 0.511. The number of halogens is 2. The maximum Gasteiger partial charge on any atom is 0.277 e. The summed E-state index contributed by atoms with van der Waals surface area (Å²) >= 11 is 10.8. The molecule has 1 heterocycles. The van der Waals surface area contributed by atoms with Gasteiger partial charge in [-0.1, -0.05) is 57.5 Å². The Kier molecular flexibility index (Phi) is 5.59. The van der Waals surface area contributed by atoms with Crippen LogP contribution < -0.4 is 4.74 Å². The van der Waals surface area contributed by atoms with E-state index in [9.17, 15) is 0 Å². The Labute approximate surface area is 151 Å². The van der Waals surface area contributed by atoms with Gasteiger partial charge in [0.1, 0.15) is 5.75 Å². The van der Waals surface area contributed by atoms with E-state index >= 15 is 0 Å². The molecule has 4 nitrogen and oxygen atoms in total. The van der Waals surface area contributed by atoms with Crippen molar-refractivity contribution in [2.75, 3.05) is 0 Å². The Hall–Kier alpha value is -1.50. The summed E-state index contributed by atoms with van der Waals surface area (Å²) in [6.07, 6.45) is 0. The van der Waals surface area contributed by atoms with Crippen LogP contribution in [0.15, 0.2) is 62.6 Å². The highest BCUT2D eigenvalue weighted by molar-refractivity contribution is 9.10. The number of aromatic nitrogens is 2. The first-order valence-electron chi connectivity index (χ1n) is 6.77. The zero-order valence-electron chi connectivity index (χ0n) is 11.9. The molecule has 23 heavy (non-hydrogen) atoms. The first kappa shape index (κ1) is 16.4. The molecule has 7 heteroatoms. The second-order valence-corrected chi connectivity index (χ2v) is 6.80. The van der Waals surface area contributed by atoms with Crippen LogP contribution in [0, 0.1) is 0 Å². The van der Waals surface area contributed by atoms with Crippen LogP contribution in [-0.4, -0.2) is 10.2 Å². The van der Waals surface area contributed by atoms with E-state index in [-0.39, 0.29) is 6.61 Å². The highest BCUT2D eigenvalue weighted by atomic mass is 79.9. The molecule has 0 aliphatic rings. The summed E-state index contributed by atoms with van der Waals surface area (Å²) < 4.78 is 12.2. The van der Waals surface area contributed by atoms with Gasteiger partial charge < -0.3 is 9.15 Å². The van der Waals surface area contributed by atoms with Crippen molar-refractivity contribution in [2.24, 2.45) is 0 Å². The van der Waals surface area contributed by atoms with Crippen LogP contribution in [0.3, 0.4) is 0 Å². The third kappa shape index (κ3) is 4.73. The lowest BCUT2D eigenvalue weighted by molar-refractivity contribution is 0.252. The van der Waals surface area contributed by atoms with E-state index in [1.807, 2.05) is 18.2 Å². The van der Waals surface area contributed by atoms with Gasteiger partial charge in [-0.2, -0.15) is 0 Å². The smallest absolute Gasteiger partial charge is 0.277 e. The average Bonchev–Trinajstić information content (AvgIpc) is 3.02. The van der Waals surface area contributed by atoms with Crippen molar-refractivity contribution in [1.82, 2.24) is 10.2 Å². The molecule has 2 aromatic carbocycles. The lowest BCUT2D eigenvalue weighted by Gasteiger charge is -2.02. The van der Waals surface area contributed by atoms with Crippen LogP contribution in [0.5, 0.6) is 5.75 Å². The first-order valence-corrected chi connectivity index (χ1v) is 8.93. The molecule has 0 radical (unpaired) electrons. The average molecular weight is 412 g/mol. The van der Waals surface area contributed by atoms with Crippen LogP contribution in [0.2, 0.25) is 5.02 Å². The summed E-state index contributed by atoms with van der Waals surface area (Å²) in [5, 5.41) is 9.19. The van der Waals surface area contributed by atoms with E-state index in [4.69, 9.17) is 20.8 Å². The van der Waals surface area contributed by atoms with Gasteiger partial charge in [0.25, 0.3) is 11.1 Å². The Morgan fingerprint density at radius 1 is 1.09 bits per heavy atom. The molecule has 0 fully saturated rings. The molecule has 0 bridgehead atoms. The number of rotatable bonds is 6. The van der Waals surface area contributed by atoms with Gasteiger partial charge in [0.15, 0.2) is 6.61 Å². The molecule has 0 aliphatic carbocycles. The number of ether oxygens (including phenoxy) is 1. The maximum atomic E-state index is 5.83. The van der Waals surface area contributed by atoms with Crippen LogP contribution in [0.1, 0.15) is 11.5 Å². The molecule has 0 amide bonds. The number of nitrogens with zero attached hydrogens (tertiary/aromatic N) is 2. The van der Waals surface area contributed by atoms with Gasteiger partial charge in [-0.25, -0.2) is 0 Å². The van der Waals surface area contributed by atoms with Gasteiger partial charge in [0.2, 0.25) is 0 Å². The van der Waals surface area contributed by atoms with Crippen molar-refractivity contribution >= 4 is 39.3 Å². The zero-order valence-corrected chi connectivity index (χ0v) is 15.1. The van der Waals surface area contributed by atoms with Crippen LogP contribution in [0.4, 0.5) is 0 Å². The Morgan fingerprint density at radius 2 is 1.87 bits per heavy atom. The van der Waals surface area contributed by atoms with Crippen LogP contribution in [-0.2, 0) is 12.4 Å². The topological polar surface area (TPSA) is 48.2 Å². The van der Waals surface area contributed by atoms with Crippen LogP contribution in [0.25, 0.3) is 0 Å². The predicted molar refractivity (Wildman–Crippen MR) is 93.8 cm³/mol. The molecule has 3 rings (SSSR count). The molecule has 0 aliphatic heterocycles.